The monoisotopic (exact) mass is 398 g/mol. The van der Waals surface area contributed by atoms with Crippen molar-refractivity contribution in [3.05, 3.63) is 41.3 Å². The molecule has 3 aromatic rings. The van der Waals surface area contributed by atoms with Gasteiger partial charge >= 0.3 is 0 Å². The van der Waals surface area contributed by atoms with E-state index in [1.165, 1.54) is 18.4 Å². The summed E-state index contributed by atoms with van der Waals surface area (Å²) >= 11 is 1.69. The Kier molecular flexibility index (Phi) is 6.00. The molecule has 1 aliphatic rings. The molecule has 7 heteroatoms. The highest BCUT2D eigenvalue weighted by Crippen LogP contribution is 2.31. The number of ether oxygens (including phenoxy) is 1. The number of thioether (sulfide) groups is 1. The summed E-state index contributed by atoms with van der Waals surface area (Å²) in [5.41, 5.74) is 3.43. The number of fused-ring (bicyclic) bond motifs is 1. The standard InChI is InChI=1S/C21H26N4O2S/c1-3-4-13-25-20(15-9-11-16(26-2)12-10-15)22-23-21(25)28-14-18-17-7-5-6-8-19(17)27-24-18/h9-12H,3-8,13-14H2,1-2H3. The van der Waals surface area contributed by atoms with Gasteiger partial charge in [0.05, 0.1) is 12.8 Å². The number of hydrogen-bond donors (Lipinski definition) is 0. The quantitative estimate of drug-likeness (QED) is 0.502. The van der Waals surface area contributed by atoms with Crippen molar-refractivity contribution in [2.45, 2.75) is 62.9 Å². The molecule has 1 aromatic carbocycles. The second kappa shape index (κ2) is 8.82. The second-order valence-corrected chi connectivity index (χ2v) is 8.01. The Balaban J connectivity index is 1.56. The highest BCUT2D eigenvalue weighted by atomic mass is 32.2. The van der Waals surface area contributed by atoms with Crippen LogP contribution in [0.3, 0.4) is 0 Å². The Labute approximate surface area is 169 Å². The van der Waals surface area contributed by atoms with Gasteiger partial charge in [-0.25, -0.2) is 0 Å². The molecule has 0 spiro atoms. The van der Waals surface area contributed by atoms with Crippen LogP contribution in [0, 0.1) is 0 Å². The van der Waals surface area contributed by atoms with Gasteiger partial charge in [0.25, 0.3) is 0 Å². The molecule has 2 aromatic heterocycles. The maximum atomic E-state index is 5.55. The molecule has 2 heterocycles. The first kappa shape index (κ1) is 19.1. The molecular weight excluding hydrogens is 372 g/mol. The summed E-state index contributed by atoms with van der Waals surface area (Å²) in [6, 6.07) is 7.99. The van der Waals surface area contributed by atoms with Crippen LogP contribution in [0.5, 0.6) is 5.75 Å². The maximum absolute atomic E-state index is 5.55. The van der Waals surface area contributed by atoms with E-state index in [0.29, 0.717) is 0 Å². The average molecular weight is 399 g/mol. The van der Waals surface area contributed by atoms with Crippen LogP contribution in [-0.2, 0) is 25.1 Å². The third-order valence-electron chi connectivity index (χ3n) is 5.17. The van der Waals surface area contributed by atoms with Gasteiger partial charge in [0, 0.05) is 29.8 Å². The molecule has 1 aliphatic carbocycles. The lowest BCUT2D eigenvalue weighted by Crippen LogP contribution is -2.04. The van der Waals surface area contributed by atoms with Crippen molar-refractivity contribution in [1.29, 1.82) is 0 Å². The van der Waals surface area contributed by atoms with Crippen molar-refractivity contribution in [3.8, 4) is 17.1 Å². The lowest BCUT2D eigenvalue weighted by atomic mass is 9.97. The third kappa shape index (κ3) is 3.94. The van der Waals surface area contributed by atoms with E-state index in [9.17, 15) is 0 Å². The smallest absolute Gasteiger partial charge is 0.191 e. The number of methoxy groups -OCH3 is 1. The number of rotatable bonds is 8. The van der Waals surface area contributed by atoms with Crippen molar-refractivity contribution >= 4 is 11.8 Å². The Morgan fingerprint density at radius 3 is 2.75 bits per heavy atom. The Hall–Kier alpha value is -2.28. The van der Waals surface area contributed by atoms with Crippen LogP contribution in [0.25, 0.3) is 11.4 Å². The summed E-state index contributed by atoms with van der Waals surface area (Å²) in [5, 5.41) is 14.2. The van der Waals surface area contributed by atoms with Crippen molar-refractivity contribution in [2.75, 3.05) is 7.11 Å². The summed E-state index contributed by atoms with van der Waals surface area (Å²) in [6.45, 7) is 3.11. The normalized spacial score (nSPS) is 13.5. The first-order valence-electron chi connectivity index (χ1n) is 9.97. The molecule has 0 fully saturated rings. The third-order valence-corrected chi connectivity index (χ3v) is 6.15. The van der Waals surface area contributed by atoms with Crippen LogP contribution in [0.4, 0.5) is 0 Å². The van der Waals surface area contributed by atoms with E-state index < -0.39 is 0 Å². The van der Waals surface area contributed by atoms with Crippen LogP contribution in [0.2, 0.25) is 0 Å². The zero-order valence-corrected chi connectivity index (χ0v) is 17.3. The van der Waals surface area contributed by atoms with E-state index in [1.807, 2.05) is 24.3 Å². The van der Waals surface area contributed by atoms with Gasteiger partial charge in [-0.2, -0.15) is 0 Å². The van der Waals surface area contributed by atoms with Gasteiger partial charge in [-0.3, -0.25) is 0 Å². The van der Waals surface area contributed by atoms with Gasteiger partial charge in [-0.05, 0) is 49.9 Å². The predicted octanol–water partition coefficient (Wildman–Crippen LogP) is 4.91. The van der Waals surface area contributed by atoms with E-state index in [0.717, 1.165) is 71.7 Å². The number of aromatic nitrogens is 4. The van der Waals surface area contributed by atoms with Crippen LogP contribution < -0.4 is 4.74 Å². The van der Waals surface area contributed by atoms with E-state index in [2.05, 4.69) is 26.8 Å². The maximum Gasteiger partial charge on any atom is 0.191 e. The summed E-state index contributed by atoms with van der Waals surface area (Å²) in [7, 11) is 1.68. The molecule has 0 saturated heterocycles. The predicted molar refractivity (Wildman–Crippen MR) is 110 cm³/mol. The molecule has 0 atom stereocenters. The fourth-order valence-electron chi connectivity index (χ4n) is 3.56. The molecule has 6 nitrogen and oxygen atoms in total. The first-order chi connectivity index (χ1) is 13.8. The van der Waals surface area contributed by atoms with Crippen LogP contribution >= 0.6 is 11.8 Å². The van der Waals surface area contributed by atoms with Crippen LogP contribution in [0.1, 0.15) is 49.6 Å². The molecule has 0 amide bonds. The van der Waals surface area contributed by atoms with E-state index in [1.54, 1.807) is 18.9 Å². The summed E-state index contributed by atoms with van der Waals surface area (Å²) in [6.07, 6.45) is 6.73. The van der Waals surface area contributed by atoms with E-state index in [-0.39, 0.29) is 0 Å². The Bertz CT molecular complexity index is 917. The minimum absolute atomic E-state index is 0.770. The van der Waals surface area contributed by atoms with Crippen molar-refractivity contribution in [3.63, 3.8) is 0 Å². The summed E-state index contributed by atoms with van der Waals surface area (Å²) in [5.74, 6) is 3.59. The van der Waals surface area contributed by atoms with Crippen molar-refractivity contribution in [1.82, 2.24) is 19.9 Å². The molecule has 148 valence electrons. The van der Waals surface area contributed by atoms with Gasteiger partial charge in [0.15, 0.2) is 11.0 Å². The lowest BCUT2D eigenvalue weighted by molar-refractivity contribution is 0.369. The van der Waals surface area contributed by atoms with Crippen molar-refractivity contribution < 1.29 is 9.26 Å². The first-order valence-corrected chi connectivity index (χ1v) is 11.0. The fraction of sp³-hybridized carbons (Fsp3) is 0.476. The Morgan fingerprint density at radius 2 is 1.96 bits per heavy atom. The molecule has 0 aliphatic heterocycles. The minimum Gasteiger partial charge on any atom is -0.497 e. The largest absolute Gasteiger partial charge is 0.497 e. The van der Waals surface area contributed by atoms with E-state index >= 15 is 0 Å². The zero-order valence-electron chi connectivity index (χ0n) is 16.5. The van der Waals surface area contributed by atoms with Gasteiger partial charge in [0.1, 0.15) is 11.5 Å². The number of hydrogen-bond acceptors (Lipinski definition) is 6. The topological polar surface area (TPSA) is 66.0 Å². The Morgan fingerprint density at radius 1 is 1.14 bits per heavy atom. The van der Waals surface area contributed by atoms with Crippen LogP contribution in [0.15, 0.2) is 33.9 Å². The molecule has 4 rings (SSSR count). The summed E-state index contributed by atoms with van der Waals surface area (Å²) < 4.78 is 13.0. The lowest BCUT2D eigenvalue weighted by Gasteiger charge is -2.11. The number of benzene rings is 1. The fourth-order valence-corrected chi connectivity index (χ4v) is 4.49. The van der Waals surface area contributed by atoms with Gasteiger partial charge < -0.3 is 13.8 Å². The zero-order chi connectivity index (χ0) is 19.3. The molecule has 0 saturated carbocycles. The molecule has 0 N–H and O–H groups in total. The number of nitrogens with zero attached hydrogens (tertiary/aromatic N) is 4. The molecular formula is C21H26N4O2S. The molecule has 0 bridgehead atoms. The number of unbranched alkanes of at least 4 members (excludes halogenated alkanes) is 1. The van der Waals surface area contributed by atoms with Gasteiger partial charge in [-0.15, -0.1) is 10.2 Å². The van der Waals surface area contributed by atoms with Gasteiger partial charge in [-0.1, -0.05) is 30.3 Å². The average Bonchev–Trinajstić information content (AvgIpc) is 3.34. The highest BCUT2D eigenvalue weighted by molar-refractivity contribution is 7.98. The van der Waals surface area contributed by atoms with E-state index in [4.69, 9.17) is 9.26 Å². The minimum atomic E-state index is 0.770. The van der Waals surface area contributed by atoms with Gasteiger partial charge in [0.2, 0.25) is 0 Å². The van der Waals surface area contributed by atoms with Crippen molar-refractivity contribution in [2.24, 2.45) is 0 Å². The molecule has 0 radical (unpaired) electrons. The molecule has 28 heavy (non-hydrogen) atoms. The highest BCUT2D eigenvalue weighted by Gasteiger charge is 2.21. The second-order valence-electron chi connectivity index (χ2n) is 7.07. The summed E-state index contributed by atoms with van der Waals surface area (Å²) in [4.78, 5) is 0. The van der Waals surface area contributed by atoms with Crippen LogP contribution in [-0.4, -0.2) is 27.0 Å². The number of aryl methyl sites for hydroxylation is 1. The molecule has 0 unspecified atom stereocenters. The SMILES string of the molecule is CCCCn1c(SCc2noc3c2CCCC3)nnc1-c1ccc(OC)cc1.